The normalized spacial score (nSPS) is 22.1. The summed E-state index contributed by atoms with van der Waals surface area (Å²) in [7, 11) is 1.68. The number of rotatable bonds is 5. The van der Waals surface area contributed by atoms with E-state index >= 15 is 0 Å². The summed E-state index contributed by atoms with van der Waals surface area (Å²) in [4.78, 5) is 0.428. The van der Waals surface area contributed by atoms with Crippen LogP contribution in [0.2, 0.25) is 0 Å². The second-order valence-corrected chi connectivity index (χ2v) is 6.66. The summed E-state index contributed by atoms with van der Waals surface area (Å²) in [5.74, 6) is 2.21. The predicted octanol–water partition coefficient (Wildman–Crippen LogP) is 3.96. The maximum atomic E-state index is 5.86. The molecule has 0 heterocycles. The van der Waals surface area contributed by atoms with Crippen molar-refractivity contribution in [3.05, 3.63) is 23.8 Å². The molecule has 2 unspecified atom stereocenters. The third kappa shape index (κ3) is 3.88. The van der Waals surface area contributed by atoms with E-state index in [4.69, 9.17) is 22.7 Å². The Hall–Kier alpha value is -1.29. The monoisotopic (exact) mass is 306 g/mol. The number of nitrogens with two attached hydrogens (primary N) is 1. The van der Waals surface area contributed by atoms with Gasteiger partial charge in [0.1, 0.15) is 10.7 Å². The number of hydrogen-bond donors (Lipinski definition) is 2. The number of anilines is 1. The molecule has 1 aliphatic rings. The van der Waals surface area contributed by atoms with Crippen molar-refractivity contribution < 1.29 is 4.74 Å². The SMILES string of the molecule is COc1ccc(C(N)=S)c(NC2CCCCC2C(C)C)c1. The molecule has 0 radical (unpaired) electrons. The van der Waals surface area contributed by atoms with Crippen molar-refractivity contribution in [1.82, 2.24) is 0 Å². The highest BCUT2D eigenvalue weighted by Crippen LogP contribution is 2.34. The van der Waals surface area contributed by atoms with E-state index in [0.29, 0.717) is 22.9 Å². The zero-order chi connectivity index (χ0) is 15.4. The second kappa shape index (κ2) is 7.12. The van der Waals surface area contributed by atoms with Crippen LogP contribution in [0.15, 0.2) is 18.2 Å². The fraction of sp³-hybridized carbons (Fsp3) is 0.588. The minimum atomic E-state index is 0.428. The summed E-state index contributed by atoms with van der Waals surface area (Å²) >= 11 is 5.17. The lowest BCUT2D eigenvalue weighted by Crippen LogP contribution is -2.35. The topological polar surface area (TPSA) is 47.3 Å². The van der Waals surface area contributed by atoms with Gasteiger partial charge in [-0.15, -0.1) is 0 Å². The molecule has 1 aromatic rings. The third-order valence-electron chi connectivity index (χ3n) is 4.51. The molecule has 21 heavy (non-hydrogen) atoms. The molecular weight excluding hydrogens is 280 g/mol. The Labute approximate surface area is 133 Å². The van der Waals surface area contributed by atoms with Crippen LogP contribution in [0.3, 0.4) is 0 Å². The van der Waals surface area contributed by atoms with E-state index < -0.39 is 0 Å². The van der Waals surface area contributed by atoms with Crippen LogP contribution in [-0.4, -0.2) is 18.1 Å². The third-order valence-corrected chi connectivity index (χ3v) is 4.73. The smallest absolute Gasteiger partial charge is 0.120 e. The largest absolute Gasteiger partial charge is 0.497 e. The van der Waals surface area contributed by atoms with E-state index in [1.54, 1.807) is 7.11 Å². The number of thiocarbonyl (C=S) groups is 1. The van der Waals surface area contributed by atoms with Crippen molar-refractivity contribution >= 4 is 22.9 Å². The van der Waals surface area contributed by atoms with E-state index in [1.807, 2.05) is 18.2 Å². The first-order valence-corrected chi connectivity index (χ1v) is 8.18. The first-order chi connectivity index (χ1) is 10.0. The molecule has 1 fully saturated rings. The molecule has 3 N–H and O–H groups in total. The Bertz CT molecular complexity index is 502. The lowest BCUT2D eigenvalue weighted by molar-refractivity contribution is 0.254. The van der Waals surface area contributed by atoms with Crippen LogP contribution >= 0.6 is 12.2 Å². The zero-order valence-electron chi connectivity index (χ0n) is 13.2. The molecule has 0 spiro atoms. The predicted molar refractivity (Wildman–Crippen MR) is 93.1 cm³/mol. The van der Waals surface area contributed by atoms with Gasteiger partial charge in [0.2, 0.25) is 0 Å². The minimum Gasteiger partial charge on any atom is -0.497 e. The number of ether oxygens (including phenoxy) is 1. The van der Waals surface area contributed by atoms with Crippen LogP contribution in [-0.2, 0) is 0 Å². The molecule has 116 valence electrons. The van der Waals surface area contributed by atoms with Gasteiger partial charge in [-0.1, -0.05) is 38.9 Å². The standard InChI is InChI=1S/C17H26N2OS/c1-11(2)13-6-4-5-7-15(13)19-16-10-12(20-3)8-9-14(16)17(18)21/h8-11,13,15,19H,4-7H2,1-3H3,(H2,18,21). The Morgan fingerprint density at radius 1 is 1.33 bits per heavy atom. The van der Waals surface area contributed by atoms with Gasteiger partial charge in [-0.2, -0.15) is 0 Å². The minimum absolute atomic E-state index is 0.428. The second-order valence-electron chi connectivity index (χ2n) is 6.22. The summed E-state index contributed by atoms with van der Waals surface area (Å²) in [6.07, 6.45) is 5.12. The average molecular weight is 306 g/mol. The molecular formula is C17H26N2OS. The van der Waals surface area contributed by atoms with Crippen molar-refractivity contribution in [3.8, 4) is 5.75 Å². The first-order valence-electron chi connectivity index (χ1n) is 7.77. The van der Waals surface area contributed by atoms with Crippen molar-refractivity contribution in [3.63, 3.8) is 0 Å². The number of hydrogen-bond acceptors (Lipinski definition) is 3. The van der Waals surface area contributed by atoms with Gasteiger partial charge in [-0.05, 0) is 36.8 Å². The number of nitrogens with one attached hydrogen (secondary N) is 1. The van der Waals surface area contributed by atoms with Crippen molar-refractivity contribution in [2.24, 2.45) is 17.6 Å². The fourth-order valence-corrected chi connectivity index (χ4v) is 3.50. The van der Waals surface area contributed by atoms with Crippen molar-refractivity contribution in [2.45, 2.75) is 45.6 Å². The molecule has 1 aromatic carbocycles. The summed E-state index contributed by atoms with van der Waals surface area (Å²) in [5.41, 5.74) is 7.76. The van der Waals surface area contributed by atoms with Gasteiger partial charge in [0.25, 0.3) is 0 Å². The van der Waals surface area contributed by atoms with Crippen LogP contribution in [0.4, 0.5) is 5.69 Å². The maximum absolute atomic E-state index is 5.86. The van der Waals surface area contributed by atoms with Gasteiger partial charge in [-0.3, -0.25) is 0 Å². The van der Waals surface area contributed by atoms with E-state index in [1.165, 1.54) is 25.7 Å². The van der Waals surface area contributed by atoms with Crippen molar-refractivity contribution in [1.29, 1.82) is 0 Å². The van der Waals surface area contributed by atoms with Crippen LogP contribution < -0.4 is 15.8 Å². The Balaban J connectivity index is 2.25. The molecule has 2 atom stereocenters. The lowest BCUT2D eigenvalue weighted by Gasteiger charge is -2.36. The summed E-state index contributed by atoms with van der Waals surface area (Å²) in [5, 5.41) is 3.69. The van der Waals surface area contributed by atoms with Crippen LogP contribution in [0.1, 0.15) is 45.1 Å². The lowest BCUT2D eigenvalue weighted by atomic mass is 9.77. The molecule has 0 aliphatic heterocycles. The molecule has 2 rings (SSSR count). The number of benzene rings is 1. The van der Waals surface area contributed by atoms with Crippen molar-refractivity contribution in [2.75, 3.05) is 12.4 Å². The molecule has 0 aromatic heterocycles. The summed E-state index contributed by atoms with van der Waals surface area (Å²) in [6, 6.07) is 6.33. The average Bonchev–Trinajstić information content (AvgIpc) is 2.47. The highest BCUT2D eigenvalue weighted by Gasteiger charge is 2.28. The molecule has 0 amide bonds. The zero-order valence-corrected chi connectivity index (χ0v) is 14.0. The highest BCUT2D eigenvalue weighted by atomic mass is 32.1. The van der Waals surface area contributed by atoms with E-state index in [0.717, 1.165) is 17.0 Å². The van der Waals surface area contributed by atoms with Gasteiger partial charge in [0, 0.05) is 23.4 Å². The van der Waals surface area contributed by atoms with Gasteiger partial charge >= 0.3 is 0 Å². The summed E-state index contributed by atoms with van der Waals surface area (Å²) < 4.78 is 5.33. The molecule has 4 heteroatoms. The first kappa shape index (κ1) is 16.1. The van der Waals surface area contributed by atoms with Crippen LogP contribution in [0, 0.1) is 11.8 Å². The van der Waals surface area contributed by atoms with Crippen LogP contribution in [0.5, 0.6) is 5.75 Å². The quantitative estimate of drug-likeness (QED) is 0.809. The van der Waals surface area contributed by atoms with Gasteiger partial charge < -0.3 is 15.8 Å². The van der Waals surface area contributed by atoms with Gasteiger partial charge in [0.05, 0.1) is 7.11 Å². The molecule has 0 bridgehead atoms. The highest BCUT2D eigenvalue weighted by molar-refractivity contribution is 7.80. The molecule has 1 saturated carbocycles. The number of methoxy groups -OCH3 is 1. The molecule has 0 saturated heterocycles. The fourth-order valence-electron chi connectivity index (χ4n) is 3.32. The Morgan fingerprint density at radius 2 is 2.05 bits per heavy atom. The van der Waals surface area contributed by atoms with E-state index in [-0.39, 0.29) is 0 Å². The molecule has 1 aliphatic carbocycles. The Morgan fingerprint density at radius 3 is 2.67 bits per heavy atom. The van der Waals surface area contributed by atoms with Gasteiger partial charge in [0.15, 0.2) is 0 Å². The van der Waals surface area contributed by atoms with E-state index in [2.05, 4.69) is 19.2 Å². The van der Waals surface area contributed by atoms with Crippen LogP contribution in [0.25, 0.3) is 0 Å². The maximum Gasteiger partial charge on any atom is 0.120 e. The van der Waals surface area contributed by atoms with Gasteiger partial charge in [-0.25, -0.2) is 0 Å². The van der Waals surface area contributed by atoms with E-state index in [9.17, 15) is 0 Å². The molecule has 3 nitrogen and oxygen atoms in total. The Kier molecular flexibility index (Phi) is 5.45. The summed E-state index contributed by atoms with van der Waals surface area (Å²) in [6.45, 7) is 4.62.